The zero-order valence-electron chi connectivity index (χ0n) is 16.8. The lowest BCUT2D eigenvalue weighted by atomic mass is 10.0. The van der Waals surface area contributed by atoms with Crippen LogP contribution in [0.5, 0.6) is 0 Å². The molecule has 4 aromatic rings. The molecule has 1 aliphatic heterocycles. The molecule has 0 N–H and O–H groups in total. The summed E-state index contributed by atoms with van der Waals surface area (Å²) in [4.78, 5) is 19.5. The van der Waals surface area contributed by atoms with E-state index in [0.717, 1.165) is 24.3 Å². The van der Waals surface area contributed by atoms with Gasteiger partial charge in [0.05, 0.1) is 17.6 Å². The van der Waals surface area contributed by atoms with Gasteiger partial charge in [-0.2, -0.15) is 5.10 Å². The number of piperidine rings is 1. The van der Waals surface area contributed by atoms with Gasteiger partial charge in [0, 0.05) is 37.7 Å². The second-order valence-electron chi connectivity index (χ2n) is 7.62. The summed E-state index contributed by atoms with van der Waals surface area (Å²) in [5, 5.41) is 4.70. The predicted molar refractivity (Wildman–Crippen MR) is 112 cm³/mol. The number of aryl methyl sites for hydroxylation is 1. The van der Waals surface area contributed by atoms with Crippen LogP contribution in [-0.2, 0) is 0 Å². The van der Waals surface area contributed by atoms with Gasteiger partial charge in [-0.25, -0.2) is 9.67 Å². The van der Waals surface area contributed by atoms with E-state index >= 15 is 0 Å². The Morgan fingerprint density at radius 2 is 1.90 bits per heavy atom. The Hall–Kier alpha value is -3.61. The topological polar surface area (TPSA) is 69.1 Å². The first kappa shape index (κ1) is 18.4. The van der Waals surface area contributed by atoms with Crippen LogP contribution in [0, 0.1) is 6.92 Å². The maximum Gasteiger partial charge on any atom is 0.257 e. The monoisotopic (exact) mass is 401 g/mol. The van der Waals surface area contributed by atoms with Crippen LogP contribution in [0.3, 0.4) is 0 Å². The van der Waals surface area contributed by atoms with Gasteiger partial charge in [-0.3, -0.25) is 4.79 Å². The first-order chi connectivity index (χ1) is 14.7. The van der Waals surface area contributed by atoms with E-state index in [-0.39, 0.29) is 5.91 Å². The molecule has 30 heavy (non-hydrogen) atoms. The number of imidazole rings is 1. The molecular formula is C23H23N5O2. The average molecular weight is 401 g/mol. The molecule has 1 amide bonds. The van der Waals surface area contributed by atoms with Crippen molar-refractivity contribution in [3.63, 3.8) is 0 Å². The van der Waals surface area contributed by atoms with Crippen LogP contribution in [0.25, 0.3) is 17.1 Å². The van der Waals surface area contributed by atoms with Crippen LogP contribution in [0.15, 0.2) is 71.8 Å². The van der Waals surface area contributed by atoms with E-state index in [9.17, 15) is 4.79 Å². The molecule has 0 atom stereocenters. The third-order valence-corrected chi connectivity index (χ3v) is 5.64. The molecule has 0 aliphatic carbocycles. The quantitative estimate of drug-likeness (QED) is 0.516. The van der Waals surface area contributed by atoms with Crippen molar-refractivity contribution in [3.05, 3.63) is 78.7 Å². The fraction of sp³-hybridized carbons (Fsp3) is 0.261. The molecule has 5 rings (SSSR count). The Morgan fingerprint density at radius 3 is 2.57 bits per heavy atom. The summed E-state index contributed by atoms with van der Waals surface area (Å²) in [6, 6.07) is 13.9. The Balaban J connectivity index is 1.44. The van der Waals surface area contributed by atoms with Gasteiger partial charge in [0.1, 0.15) is 11.5 Å². The second-order valence-corrected chi connectivity index (χ2v) is 7.62. The molecule has 0 radical (unpaired) electrons. The third-order valence-electron chi connectivity index (χ3n) is 5.64. The van der Waals surface area contributed by atoms with Gasteiger partial charge in [-0.05, 0) is 44.0 Å². The predicted octanol–water partition coefficient (Wildman–Crippen LogP) is 4.11. The number of likely N-dealkylation sites (tertiary alicyclic amines) is 1. The number of aromatic nitrogens is 4. The zero-order valence-corrected chi connectivity index (χ0v) is 16.8. The molecule has 1 aliphatic rings. The Bertz CT molecular complexity index is 1140. The molecule has 1 fully saturated rings. The molecule has 0 spiro atoms. The molecule has 0 bridgehead atoms. The molecule has 7 heteroatoms. The van der Waals surface area contributed by atoms with E-state index in [0.29, 0.717) is 36.1 Å². The molecule has 0 saturated carbocycles. The van der Waals surface area contributed by atoms with Gasteiger partial charge in [0.15, 0.2) is 5.76 Å². The summed E-state index contributed by atoms with van der Waals surface area (Å²) in [6.07, 6.45) is 9.26. The van der Waals surface area contributed by atoms with Gasteiger partial charge in [0.2, 0.25) is 0 Å². The number of hydrogen-bond donors (Lipinski definition) is 0. The number of para-hydroxylation sites is 1. The fourth-order valence-corrected chi connectivity index (χ4v) is 4.01. The zero-order chi connectivity index (χ0) is 20.5. The second kappa shape index (κ2) is 7.67. The minimum atomic E-state index is -0.00897. The van der Waals surface area contributed by atoms with E-state index < -0.39 is 0 Å². The minimum absolute atomic E-state index is 0.00897. The van der Waals surface area contributed by atoms with Crippen LogP contribution in [0.2, 0.25) is 0 Å². The van der Waals surface area contributed by atoms with E-state index in [1.807, 2.05) is 73.0 Å². The van der Waals surface area contributed by atoms with E-state index in [1.165, 1.54) is 0 Å². The van der Waals surface area contributed by atoms with E-state index in [4.69, 9.17) is 9.52 Å². The highest BCUT2D eigenvalue weighted by Gasteiger charge is 2.28. The Kier molecular flexibility index (Phi) is 4.71. The number of carbonyl (C=O) groups excluding carboxylic acids is 1. The fourth-order valence-electron chi connectivity index (χ4n) is 4.01. The number of benzene rings is 1. The van der Waals surface area contributed by atoms with Crippen LogP contribution in [0.1, 0.15) is 35.0 Å². The van der Waals surface area contributed by atoms with Crippen molar-refractivity contribution in [1.29, 1.82) is 0 Å². The van der Waals surface area contributed by atoms with Crippen LogP contribution >= 0.6 is 0 Å². The molecule has 4 heterocycles. The number of nitrogens with zero attached hydrogens (tertiary/aromatic N) is 5. The largest absolute Gasteiger partial charge is 0.460 e. The molecule has 0 unspecified atom stereocenters. The summed E-state index contributed by atoms with van der Waals surface area (Å²) in [5.74, 6) is 1.39. The summed E-state index contributed by atoms with van der Waals surface area (Å²) in [5.41, 5.74) is 2.04. The minimum Gasteiger partial charge on any atom is -0.460 e. The van der Waals surface area contributed by atoms with Crippen molar-refractivity contribution in [3.8, 4) is 17.1 Å². The van der Waals surface area contributed by atoms with Gasteiger partial charge in [0.25, 0.3) is 5.91 Å². The highest BCUT2D eigenvalue weighted by atomic mass is 16.3. The molecule has 3 aromatic heterocycles. The first-order valence-electron chi connectivity index (χ1n) is 10.2. The van der Waals surface area contributed by atoms with Crippen molar-refractivity contribution in [2.75, 3.05) is 13.1 Å². The lowest BCUT2D eigenvalue weighted by Gasteiger charge is -2.32. The van der Waals surface area contributed by atoms with Gasteiger partial charge in [-0.15, -0.1) is 0 Å². The highest BCUT2D eigenvalue weighted by molar-refractivity contribution is 5.99. The standard InChI is InChI=1S/C23H23N5O2/c1-17-7-8-21(30-17)22-20(15-28(25-22)19-5-3-2-4-6-19)23(29)26-12-9-18(10-13-26)27-14-11-24-16-27/h2-8,11,14-16,18H,9-10,12-13H2,1H3. The smallest absolute Gasteiger partial charge is 0.257 e. The Morgan fingerprint density at radius 1 is 1.10 bits per heavy atom. The number of hydrogen-bond acceptors (Lipinski definition) is 4. The summed E-state index contributed by atoms with van der Waals surface area (Å²) < 4.78 is 9.69. The summed E-state index contributed by atoms with van der Waals surface area (Å²) in [6.45, 7) is 3.30. The van der Waals surface area contributed by atoms with Gasteiger partial charge in [-0.1, -0.05) is 18.2 Å². The third kappa shape index (κ3) is 3.43. The number of amides is 1. The first-order valence-corrected chi connectivity index (χ1v) is 10.2. The van der Waals surface area contributed by atoms with Crippen LogP contribution < -0.4 is 0 Å². The maximum absolute atomic E-state index is 13.5. The van der Waals surface area contributed by atoms with Crippen molar-refractivity contribution in [2.45, 2.75) is 25.8 Å². The number of furan rings is 1. The average Bonchev–Trinajstić information content (AvgIpc) is 3.54. The van der Waals surface area contributed by atoms with Crippen molar-refractivity contribution in [2.24, 2.45) is 0 Å². The summed E-state index contributed by atoms with van der Waals surface area (Å²) in [7, 11) is 0. The van der Waals surface area contributed by atoms with Crippen molar-refractivity contribution in [1.82, 2.24) is 24.2 Å². The number of rotatable bonds is 4. The molecule has 7 nitrogen and oxygen atoms in total. The summed E-state index contributed by atoms with van der Waals surface area (Å²) >= 11 is 0. The van der Waals surface area contributed by atoms with Crippen LogP contribution in [0.4, 0.5) is 0 Å². The van der Waals surface area contributed by atoms with E-state index in [1.54, 1.807) is 10.9 Å². The molecule has 152 valence electrons. The van der Waals surface area contributed by atoms with Crippen LogP contribution in [-0.4, -0.2) is 43.2 Å². The lowest BCUT2D eigenvalue weighted by Crippen LogP contribution is -2.39. The Labute approximate surface area is 174 Å². The maximum atomic E-state index is 13.5. The molecule has 1 saturated heterocycles. The lowest BCUT2D eigenvalue weighted by molar-refractivity contribution is 0.0695. The normalized spacial score (nSPS) is 14.9. The van der Waals surface area contributed by atoms with Crippen molar-refractivity contribution < 1.29 is 9.21 Å². The van der Waals surface area contributed by atoms with Gasteiger partial charge < -0.3 is 13.9 Å². The van der Waals surface area contributed by atoms with Crippen molar-refractivity contribution >= 4 is 5.91 Å². The highest BCUT2D eigenvalue weighted by Crippen LogP contribution is 2.29. The van der Waals surface area contributed by atoms with Gasteiger partial charge >= 0.3 is 0 Å². The molecular weight excluding hydrogens is 378 g/mol. The van der Waals surface area contributed by atoms with E-state index in [2.05, 4.69) is 9.55 Å². The molecule has 1 aromatic carbocycles. The SMILES string of the molecule is Cc1ccc(-c2nn(-c3ccccc3)cc2C(=O)N2CCC(n3ccnc3)CC2)o1. The number of carbonyl (C=O) groups is 1.